The van der Waals surface area contributed by atoms with Gasteiger partial charge in [-0.25, -0.2) is 4.79 Å². The summed E-state index contributed by atoms with van der Waals surface area (Å²) in [5, 5.41) is 3.12. The molecule has 0 saturated carbocycles. The number of amides is 1. The summed E-state index contributed by atoms with van der Waals surface area (Å²) in [6, 6.07) is 9.07. The van der Waals surface area contributed by atoms with E-state index in [1.54, 1.807) is 12.1 Å². The predicted molar refractivity (Wildman–Crippen MR) is 102 cm³/mol. The molecule has 0 radical (unpaired) electrons. The molecular formula is C20H18ClNO5. The molecule has 2 aromatic carbocycles. The highest BCUT2D eigenvalue weighted by Crippen LogP contribution is 2.40. The third kappa shape index (κ3) is 4.80. The van der Waals surface area contributed by atoms with Crippen LogP contribution in [0.15, 0.2) is 36.4 Å². The molecule has 6 nitrogen and oxygen atoms in total. The Kier molecular flexibility index (Phi) is 5.66. The number of ether oxygens (including phenoxy) is 3. The van der Waals surface area contributed by atoms with Crippen LogP contribution in [0, 0.1) is 13.8 Å². The van der Waals surface area contributed by atoms with E-state index in [4.69, 9.17) is 25.8 Å². The van der Waals surface area contributed by atoms with E-state index in [-0.39, 0.29) is 13.4 Å². The highest BCUT2D eigenvalue weighted by Gasteiger charge is 2.17. The monoisotopic (exact) mass is 387 g/mol. The summed E-state index contributed by atoms with van der Waals surface area (Å²) in [6.45, 7) is 3.56. The van der Waals surface area contributed by atoms with Gasteiger partial charge in [-0.3, -0.25) is 4.79 Å². The molecule has 0 spiro atoms. The van der Waals surface area contributed by atoms with Gasteiger partial charge in [-0.1, -0.05) is 23.7 Å². The highest BCUT2D eigenvalue weighted by atomic mass is 35.5. The normalized spacial score (nSPS) is 12.3. The largest absolute Gasteiger partial charge is 0.454 e. The average Bonchev–Trinajstić information content (AvgIpc) is 3.10. The number of rotatable bonds is 5. The van der Waals surface area contributed by atoms with E-state index >= 15 is 0 Å². The summed E-state index contributed by atoms with van der Waals surface area (Å²) in [5.41, 5.74) is 3.31. The van der Waals surface area contributed by atoms with E-state index in [1.807, 2.05) is 32.0 Å². The zero-order chi connectivity index (χ0) is 19.4. The van der Waals surface area contributed by atoms with Gasteiger partial charge in [0.25, 0.3) is 5.91 Å². The van der Waals surface area contributed by atoms with E-state index in [2.05, 4.69) is 5.32 Å². The first-order valence-electron chi connectivity index (χ1n) is 8.23. The minimum Gasteiger partial charge on any atom is -0.454 e. The van der Waals surface area contributed by atoms with Gasteiger partial charge in [-0.2, -0.15) is 0 Å². The summed E-state index contributed by atoms with van der Waals surface area (Å²) < 4.78 is 15.5. The molecule has 1 amide bonds. The second-order valence-corrected chi connectivity index (χ2v) is 6.45. The van der Waals surface area contributed by atoms with Crippen LogP contribution in [0.2, 0.25) is 5.02 Å². The maximum Gasteiger partial charge on any atom is 0.331 e. The van der Waals surface area contributed by atoms with E-state index in [0.29, 0.717) is 27.8 Å². The van der Waals surface area contributed by atoms with Crippen LogP contribution < -0.4 is 14.8 Å². The van der Waals surface area contributed by atoms with Gasteiger partial charge in [-0.05, 0) is 54.8 Å². The van der Waals surface area contributed by atoms with Gasteiger partial charge in [0.2, 0.25) is 6.79 Å². The smallest absolute Gasteiger partial charge is 0.331 e. The zero-order valence-electron chi connectivity index (χ0n) is 14.9. The number of hydrogen-bond donors (Lipinski definition) is 1. The van der Waals surface area contributed by atoms with Gasteiger partial charge in [0, 0.05) is 11.8 Å². The lowest BCUT2D eigenvalue weighted by atomic mass is 10.1. The Morgan fingerprint density at radius 3 is 2.85 bits per heavy atom. The minimum absolute atomic E-state index is 0.111. The third-order valence-electron chi connectivity index (χ3n) is 3.87. The zero-order valence-corrected chi connectivity index (χ0v) is 15.6. The first kappa shape index (κ1) is 18.8. The number of nitrogens with one attached hydrogen (secondary N) is 1. The molecule has 1 heterocycles. The van der Waals surface area contributed by atoms with Crippen LogP contribution in [-0.4, -0.2) is 25.3 Å². The predicted octanol–water partition coefficient (Wildman–Crippen LogP) is 3.88. The number of anilines is 1. The molecule has 0 aromatic heterocycles. The van der Waals surface area contributed by atoms with Gasteiger partial charge in [-0.15, -0.1) is 0 Å². The average molecular weight is 388 g/mol. The lowest BCUT2D eigenvalue weighted by molar-refractivity contribution is -0.142. The molecule has 7 heteroatoms. The van der Waals surface area contributed by atoms with Crippen LogP contribution in [-0.2, 0) is 14.3 Å². The van der Waals surface area contributed by atoms with Gasteiger partial charge in [0.15, 0.2) is 18.1 Å². The van der Waals surface area contributed by atoms with Gasteiger partial charge >= 0.3 is 5.97 Å². The van der Waals surface area contributed by atoms with Crippen LogP contribution in [0.3, 0.4) is 0 Å². The SMILES string of the molecule is Cc1ccc(C)c(NC(=O)COC(=O)/C=C/c2cc(Cl)c3c(c2)OCO3)c1. The van der Waals surface area contributed by atoms with Crippen molar-refractivity contribution in [3.05, 3.63) is 58.1 Å². The van der Waals surface area contributed by atoms with Gasteiger partial charge in [0.1, 0.15) is 0 Å². The number of hydrogen-bond acceptors (Lipinski definition) is 5. The number of fused-ring (bicyclic) bond motifs is 1. The first-order chi connectivity index (χ1) is 12.9. The molecule has 0 fully saturated rings. The number of carbonyl (C=O) groups excluding carboxylic acids is 2. The second-order valence-electron chi connectivity index (χ2n) is 6.04. The molecule has 0 aliphatic carbocycles. The van der Waals surface area contributed by atoms with Crippen molar-refractivity contribution in [3.8, 4) is 11.5 Å². The van der Waals surface area contributed by atoms with Crippen LogP contribution in [0.4, 0.5) is 5.69 Å². The second kappa shape index (κ2) is 8.14. The van der Waals surface area contributed by atoms with Crippen molar-refractivity contribution in [2.24, 2.45) is 0 Å². The van der Waals surface area contributed by atoms with Crippen LogP contribution >= 0.6 is 11.6 Å². The molecule has 0 unspecified atom stereocenters. The third-order valence-corrected chi connectivity index (χ3v) is 4.15. The molecule has 140 valence electrons. The number of esters is 1. The van der Waals surface area contributed by atoms with E-state index in [9.17, 15) is 9.59 Å². The Morgan fingerprint density at radius 1 is 1.22 bits per heavy atom. The van der Waals surface area contributed by atoms with Crippen molar-refractivity contribution in [2.45, 2.75) is 13.8 Å². The van der Waals surface area contributed by atoms with Crippen molar-refractivity contribution in [2.75, 3.05) is 18.7 Å². The maximum absolute atomic E-state index is 12.0. The van der Waals surface area contributed by atoms with Crippen LogP contribution in [0.25, 0.3) is 6.08 Å². The molecular weight excluding hydrogens is 370 g/mol. The lowest BCUT2D eigenvalue weighted by Crippen LogP contribution is -2.20. The molecule has 27 heavy (non-hydrogen) atoms. The fourth-order valence-electron chi connectivity index (χ4n) is 2.49. The molecule has 0 bridgehead atoms. The molecule has 1 N–H and O–H groups in total. The summed E-state index contributed by atoms with van der Waals surface area (Å²) in [7, 11) is 0. The van der Waals surface area contributed by atoms with Crippen LogP contribution in [0.1, 0.15) is 16.7 Å². The summed E-state index contributed by atoms with van der Waals surface area (Å²) >= 11 is 6.09. The Morgan fingerprint density at radius 2 is 2.04 bits per heavy atom. The number of halogens is 1. The minimum atomic E-state index is -0.639. The van der Waals surface area contributed by atoms with Gasteiger partial charge in [0.05, 0.1) is 5.02 Å². The van der Waals surface area contributed by atoms with E-state index in [0.717, 1.165) is 11.1 Å². The Labute approximate surface area is 161 Å². The standard InChI is InChI=1S/C20H18ClNO5/c1-12-3-4-13(2)16(7-12)22-18(23)10-25-19(24)6-5-14-8-15(21)20-17(9-14)26-11-27-20/h3-9H,10-11H2,1-2H3,(H,22,23)/b6-5+. The number of benzene rings is 2. The first-order valence-corrected chi connectivity index (χ1v) is 8.61. The fourth-order valence-corrected chi connectivity index (χ4v) is 2.76. The molecule has 1 aliphatic heterocycles. The van der Waals surface area contributed by atoms with Crippen molar-refractivity contribution >= 4 is 35.2 Å². The fraction of sp³-hybridized carbons (Fsp3) is 0.200. The molecule has 3 rings (SSSR count). The Hall–Kier alpha value is -2.99. The lowest BCUT2D eigenvalue weighted by Gasteiger charge is -2.09. The topological polar surface area (TPSA) is 73.9 Å². The van der Waals surface area contributed by atoms with Gasteiger partial charge < -0.3 is 19.5 Å². The highest BCUT2D eigenvalue weighted by molar-refractivity contribution is 6.32. The van der Waals surface area contributed by atoms with Crippen molar-refractivity contribution in [1.82, 2.24) is 0 Å². The summed E-state index contributed by atoms with van der Waals surface area (Å²) in [4.78, 5) is 23.8. The van der Waals surface area contributed by atoms with E-state index < -0.39 is 11.9 Å². The summed E-state index contributed by atoms with van der Waals surface area (Å²) in [5.74, 6) is -0.0422. The Bertz CT molecular complexity index is 923. The van der Waals surface area contributed by atoms with Crippen molar-refractivity contribution < 1.29 is 23.8 Å². The molecule has 0 atom stereocenters. The number of aryl methyl sites for hydroxylation is 2. The van der Waals surface area contributed by atoms with Crippen LogP contribution in [0.5, 0.6) is 11.5 Å². The van der Waals surface area contributed by atoms with Crippen molar-refractivity contribution in [3.63, 3.8) is 0 Å². The quantitative estimate of drug-likeness (QED) is 0.622. The summed E-state index contributed by atoms with van der Waals surface area (Å²) in [6.07, 6.45) is 2.75. The Balaban J connectivity index is 1.53. The molecule has 0 saturated heterocycles. The molecule has 2 aromatic rings. The maximum atomic E-state index is 12.0. The molecule has 1 aliphatic rings. The van der Waals surface area contributed by atoms with E-state index in [1.165, 1.54) is 12.2 Å². The number of carbonyl (C=O) groups is 2. The van der Waals surface area contributed by atoms with Crippen molar-refractivity contribution in [1.29, 1.82) is 0 Å².